The molecule has 0 unspecified atom stereocenters. The molecule has 0 radical (unpaired) electrons. The van der Waals surface area contributed by atoms with Crippen LogP contribution in [0.2, 0.25) is 0 Å². The van der Waals surface area contributed by atoms with Crippen molar-refractivity contribution in [3.8, 4) is 0 Å². The molecule has 1 aliphatic heterocycles. The second kappa shape index (κ2) is 5.24. The molecule has 1 aromatic heterocycles. The van der Waals surface area contributed by atoms with Crippen molar-refractivity contribution < 1.29 is 9.32 Å². The third-order valence-corrected chi connectivity index (χ3v) is 3.28. The highest BCUT2D eigenvalue weighted by Crippen LogP contribution is 2.18. The maximum atomic E-state index is 11.9. The van der Waals surface area contributed by atoms with Crippen LogP contribution in [0, 0.1) is 0 Å². The molecule has 1 aliphatic rings. The van der Waals surface area contributed by atoms with Gasteiger partial charge in [0, 0.05) is 19.2 Å². The molecule has 19 heavy (non-hydrogen) atoms. The average molecular weight is 257 g/mol. The van der Waals surface area contributed by atoms with Crippen molar-refractivity contribution in [3.63, 3.8) is 0 Å². The maximum Gasteiger partial charge on any atom is 0.239 e. The first-order valence-electron chi connectivity index (χ1n) is 6.30. The number of carbonyl (C=O) groups is 1. The Balaban J connectivity index is 1.58. The van der Waals surface area contributed by atoms with Gasteiger partial charge in [-0.2, -0.15) is 0 Å². The Morgan fingerprint density at radius 3 is 2.95 bits per heavy atom. The van der Waals surface area contributed by atoms with Crippen LogP contribution in [0.3, 0.4) is 0 Å². The number of hydrogen-bond donors (Lipinski definition) is 1. The molecule has 1 N–H and O–H groups in total. The van der Waals surface area contributed by atoms with Crippen molar-refractivity contribution >= 4 is 11.7 Å². The van der Waals surface area contributed by atoms with Crippen LogP contribution in [-0.2, 0) is 17.8 Å². The highest BCUT2D eigenvalue weighted by Gasteiger charge is 2.18. The molecule has 0 atom stereocenters. The lowest BCUT2D eigenvalue weighted by molar-refractivity contribution is -0.117. The molecular formula is C14H15N3O2. The minimum absolute atomic E-state index is 0.0618. The van der Waals surface area contributed by atoms with Gasteiger partial charge in [-0.05, 0) is 17.5 Å². The number of benzene rings is 1. The van der Waals surface area contributed by atoms with Gasteiger partial charge in [0.25, 0.3) is 0 Å². The third kappa shape index (κ3) is 2.82. The Morgan fingerprint density at radius 2 is 2.16 bits per heavy atom. The van der Waals surface area contributed by atoms with Gasteiger partial charge >= 0.3 is 0 Å². The summed E-state index contributed by atoms with van der Waals surface area (Å²) in [6.07, 6.45) is 2.43. The Hall–Kier alpha value is -2.14. The topological polar surface area (TPSA) is 58.4 Å². The van der Waals surface area contributed by atoms with E-state index in [1.807, 2.05) is 6.07 Å². The summed E-state index contributed by atoms with van der Waals surface area (Å²) >= 11 is 0. The van der Waals surface area contributed by atoms with Gasteiger partial charge in [-0.3, -0.25) is 9.69 Å². The Morgan fingerprint density at radius 1 is 1.32 bits per heavy atom. The summed E-state index contributed by atoms with van der Waals surface area (Å²) in [5.41, 5.74) is 2.69. The molecule has 5 heteroatoms. The van der Waals surface area contributed by atoms with E-state index in [-0.39, 0.29) is 5.91 Å². The quantitative estimate of drug-likeness (QED) is 0.908. The predicted octanol–water partition coefficient (Wildman–Crippen LogP) is 1.67. The van der Waals surface area contributed by atoms with Gasteiger partial charge in [-0.25, -0.2) is 0 Å². The normalized spacial score (nSPS) is 14.9. The zero-order valence-electron chi connectivity index (χ0n) is 10.5. The third-order valence-electron chi connectivity index (χ3n) is 3.28. The molecule has 1 aromatic carbocycles. The van der Waals surface area contributed by atoms with Crippen LogP contribution in [0.4, 0.5) is 5.82 Å². The van der Waals surface area contributed by atoms with E-state index in [2.05, 4.69) is 38.1 Å². The summed E-state index contributed by atoms with van der Waals surface area (Å²) in [5.74, 6) is 0.399. The second-order valence-electron chi connectivity index (χ2n) is 4.66. The van der Waals surface area contributed by atoms with Gasteiger partial charge in [0.2, 0.25) is 5.91 Å². The predicted molar refractivity (Wildman–Crippen MR) is 70.6 cm³/mol. The second-order valence-corrected chi connectivity index (χ2v) is 4.66. The highest BCUT2D eigenvalue weighted by atomic mass is 16.5. The van der Waals surface area contributed by atoms with Crippen molar-refractivity contribution in [2.45, 2.75) is 13.0 Å². The van der Waals surface area contributed by atoms with E-state index in [1.54, 1.807) is 6.07 Å². The van der Waals surface area contributed by atoms with Crippen LogP contribution in [0.15, 0.2) is 41.1 Å². The average Bonchev–Trinajstić information content (AvgIpc) is 2.91. The van der Waals surface area contributed by atoms with Gasteiger partial charge in [0.1, 0.15) is 6.26 Å². The molecular weight excluding hydrogens is 242 g/mol. The molecule has 0 bridgehead atoms. The Bertz CT molecular complexity index is 566. The number of rotatable bonds is 3. The molecule has 3 rings (SSSR count). The fraction of sp³-hybridized carbons (Fsp3) is 0.286. The minimum atomic E-state index is -0.0618. The molecule has 0 spiro atoms. The molecule has 0 aliphatic carbocycles. The fourth-order valence-electron chi connectivity index (χ4n) is 2.35. The van der Waals surface area contributed by atoms with E-state index in [4.69, 9.17) is 0 Å². The van der Waals surface area contributed by atoms with Gasteiger partial charge in [-0.15, -0.1) is 0 Å². The van der Waals surface area contributed by atoms with Crippen molar-refractivity contribution in [3.05, 3.63) is 47.7 Å². The number of hydrogen-bond acceptors (Lipinski definition) is 4. The van der Waals surface area contributed by atoms with Crippen molar-refractivity contribution in [2.75, 3.05) is 18.4 Å². The number of nitrogens with zero attached hydrogens (tertiary/aromatic N) is 2. The summed E-state index contributed by atoms with van der Waals surface area (Å²) in [5, 5.41) is 6.37. The first-order valence-corrected chi connectivity index (χ1v) is 6.30. The van der Waals surface area contributed by atoms with Crippen LogP contribution in [0.25, 0.3) is 0 Å². The minimum Gasteiger partial charge on any atom is -0.363 e. The summed E-state index contributed by atoms with van der Waals surface area (Å²) in [7, 11) is 0. The van der Waals surface area contributed by atoms with Crippen LogP contribution in [-0.4, -0.2) is 29.1 Å². The Labute approximate surface area is 111 Å². The first kappa shape index (κ1) is 11.9. The zero-order valence-corrected chi connectivity index (χ0v) is 10.5. The number of aromatic nitrogens is 1. The van der Waals surface area contributed by atoms with Crippen LogP contribution < -0.4 is 5.32 Å². The maximum absolute atomic E-state index is 11.9. The number of fused-ring (bicyclic) bond motifs is 1. The van der Waals surface area contributed by atoms with Gasteiger partial charge in [0.05, 0.1) is 6.54 Å². The fourth-order valence-corrected chi connectivity index (χ4v) is 2.35. The van der Waals surface area contributed by atoms with Gasteiger partial charge in [0.15, 0.2) is 5.82 Å². The SMILES string of the molecule is O=C(CN1CCc2ccccc2C1)Nc1ccon1. The lowest BCUT2D eigenvalue weighted by atomic mass is 10.00. The molecule has 2 aromatic rings. The number of carbonyl (C=O) groups excluding carboxylic acids is 1. The van der Waals surface area contributed by atoms with Crippen LogP contribution >= 0.6 is 0 Å². The van der Waals surface area contributed by atoms with E-state index in [1.165, 1.54) is 17.4 Å². The lowest BCUT2D eigenvalue weighted by Gasteiger charge is -2.27. The van der Waals surface area contributed by atoms with Gasteiger partial charge in [-0.1, -0.05) is 29.4 Å². The summed E-state index contributed by atoms with van der Waals surface area (Å²) in [6.45, 7) is 2.10. The standard InChI is InChI=1S/C14H15N3O2/c18-14(15-13-6-8-19-16-13)10-17-7-5-11-3-1-2-4-12(11)9-17/h1-4,6,8H,5,7,9-10H2,(H,15,16,18). The van der Waals surface area contributed by atoms with Crippen LogP contribution in [0.5, 0.6) is 0 Å². The molecule has 98 valence electrons. The molecule has 2 heterocycles. The summed E-state index contributed by atoms with van der Waals surface area (Å²) in [6, 6.07) is 10.0. The molecule has 0 saturated carbocycles. The Kier molecular flexibility index (Phi) is 3.29. The van der Waals surface area contributed by atoms with E-state index < -0.39 is 0 Å². The van der Waals surface area contributed by atoms with E-state index in [9.17, 15) is 4.79 Å². The number of anilines is 1. The number of nitrogens with one attached hydrogen (secondary N) is 1. The van der Waals surface area contributed by atoms with E-state index in [0.717, 1.165) is 19.5 Å². The van der Waals surface area contributed by atoms with Crippen molar-refractivity contribution in [1.82, 2.24) is 10.1 Å². The first-order chi connectivity index (χ1) is 9.31. The zero-order chi connectivity index (χ0) is 13.1. The van der Waals surface area contributed by atoms with Crippen molar-refractivity contribution in [1.29, 1.82) is 0 Å². The van der Waals surface area contributed by atoms with Crippen LogP contribution in [0.1, 0.15) is 11.1 Å². The van der Waals surface area contributed by atoms with Gasteiger partial charge < -0.3 is 9.84 Å². The summed E-state index contributed by atoms with van der Waals surface area (Å²) in [4.78, 5) is 14.0. The monoisotopic (exact) mass is 257 g/mol. The molecule has 5 nitrogen and oxygen atoms in total. The smallest absolute Gasteiger partial charge is 0.239 e. The molecule has 1 amide bonds. The molecule has 0 saturated heterocycles. The van der Waals surface area contributed by atoms with E-state index >= 15 is 0 Å². The number of amides is 1. The largest absolute Gasteiger partial charge is 0.363 e. The van der Waals surface area contributed by atoms with E-state index in [0.29, 0.717) is 12.4 Å². The molecule has 0 fully saturated rings. The highest BCUT2D eigenvalue weighted by molar-refractivity contribution is 5.91. The summed E-state index contributed by atoms with van der Waals surface area (Å²) < 4.78 is 4.67. The lowest BCUT2D eigenvalue weighted by Crippen LogP contribution is -2.37. The van der Waals surface area contributed by atoms with Crippen molar-refractivity contribution in [2.24, 2.45) is 0 Å².